The van der Waals surface area contributed by atoms with Gasteiger partial charge in [0.25, 0.3) is 0 Å². The second kappa shape index (κ2) is 3.79. The van der Waals surface area contributed by atoms with Crippen molar-refractivity contribution in [3.63, 3.8) is 0 Å². The van der Waals surface area contributed by atoms with Crippen molar-refractivity contribution in [2.24, 2.45) is 0 Å². The van der Waals surface area contributed by atoms with Gasteiger partial charge in [-0.1, -0.05) is 25.4 Å². The second-order valence-electron chi connectivity index (χ2n) is 3.99. The highest BCUT2D eigenvalue weighted by molar-refractivity contribution is 6.33. The van der Waals surface area contributed by atoms with Crippen molar-refractivity contribution in [3.05, 3.63) is 16.7 Å². The van der Waals surface area contributed by atoms with Gasteiger partial charge in [0.1, 0.15) is 5.75 Å². The molecule has 0 saturated heterocycles. The molecule has 0 fully saturated rings. The molecule has 1 aromatic rings. The fraction of sp³-hybridized carbons (Fsp3) is 0.400. The lowest BCUT2D eigenvalue weighted by Gasteiger charge is -2.25. The predicted octanol–water partition coefficient (Wildman–Crippen LogP) is 1.73. The van der Waals surface area contributed by atoms with E-state index in [9.17, 15) is 15.3 Å². The summed E-state index contributed by atoms with van der Waals surface area (Å²) in [4.78, 5) is 0. The molecule has 0 saturated carbocycles. The number of rotatable bonds is 2. The minimum absolute atomic E-state index is 0.0654. The molecule has 0 aromatic heterocycles. The van der Waals surface area contributed by atoms with E-state index in [0.717, 1.165) is 6.07 Å². The molecule has 0 amide bonds. The predicted molar refractivity (Wildman–Crippen MR) is 56.6 cm³/mol. The number of halogens is 1. The molecule has 0 heterocycles. The van der Waals surface area contributed by atoms with Crippen LogP contribution in [0.3, 0.4) is 0 Å². The van der Waals surface area contributed by atoms with Crippen molar-refractivity contribution in [2.75, 3.05) is 6.61 Å². The van der Waals surface area contributed by atoms with E-state index in [-0.39, 0.29) is 22.9 Å². The largest absolute Gasteiger partial charge is 0.506 e. The van der Waals surface area contributed by atoms with Gasteiger partial charge in [-0.25, -0.2) is 0 Å². The van der Waals surface area contributed by atoms with Gasteiger partial charge in [0.2, 0.25) is 0 Å². The smallest absolute Gasteiger partial charge is 0.163 e. The topological polar surface area (TPSA) is 80.9 Å². The van der Waals surface area contributed by atoms with E-state index in [1.54, 1.807) is 13.8 Å². The van der Waals surface area contributed by atoms with E-state index in [1.807, 2.05) is 0 Å². The molecule has 0 radical (unpaired) electrons. The van der Waals surface area contributed by atoms with E-state index in [4.69, 9.17) is 16.7 Å². The van der Waals surface area contributed by atoms with E-state index < -0.39 is 16.9 Å². The van der Waals surface area contributed by atoms with Crippen molar-refractivity contribution in [1.82, 2.24) is 0 Å². The Kier molecular flexibility index (Phi) is 3.02. The molecule has 1 rings (SSSR count). The Hall–Kier alpha value is -1.13. The number of phenolic OH excluding ortho intramolecular Hbond substituents is 3. The van der Waals surface area contributed by atoms with Gasteiger partial charge in [-0.2, -0.15) is 0 Å². The molecule has 0 bridgehead atoms. The summed E-state index contributed by atoms with van der Waals surface area (Å²) in [5.41, 5.74) is -0.721. The molecule has 0 unspecified atom stereocenters. The zero-order chi connectivity index (χ0) is 11.8. The van der Waals surface area contributed by atoms with Gasteiger partial charge < -0.3 is 20.4 Å². The molecule has 0 atom stereocenters. The fourth-order valence-corrected chi connectivity index (χ4v) is 1.72. The minimum Gasteiger partial charge on any atom is -0.506 e. The van der Waals surface area contributed by atoms with E-state index >= 15 is 0 Å². The molecule has 0 aliphatic rings. The van der Waals surface area contributed by atoms with Crippen LogP contribution in [0.15, 0.2) is 6.07 Å². The number of aliphatic hydroxyl groups excluding tert-OH is 1. The van der Waals surface area contributed by atoms with Crippen LogP contribution in [0.25, 0.3) is 0 Å². The lowest BCUT2D eigenvalue weighted by atomic mass is 9.84. The van der Waals surface area contributed by atoms with Crippen molar-refractivity contribution in [3.8, 4) is 17.2 Å². The summed E-state index contributed by atoms with van der Waals surface area (Å²) < 4.78 is 0. The standard InChI is InChI=1S/C10H13ClO4/c1-10(2,4-12)7-8(11)5(13)3-6(14)9(7)15/h3,12-15H,4H2,1-2H3. The van der Waals surface area contributed by atoms with E-state index in [2.05, 4.69) is 0 Å². The summed E-state index contributed by atoms with van der Waals surface area (Å²) in [6.07, 6.45) is 0. The maximum Gasteiger partial charge on any atom is 0.163 e. The second-order valence-corrected chi connectivity index (χ2v) is 4.37. The fourth-order valence-electron chi connectivity index (χ4n) is 1.32. The Labute approximate surface area is 92.4 Å². The molecule has 1 aromatic carbocycles. The molecule has 0 aliphatic carbocycles. The van der Waals surface area contributed by atoms with Crippen LogP contribution < -0.4 is 0 Å². The van der Waals surface area contributed by atoms with Gasteiger partial charge in [0.05, 0.1) is 11.6 Å². The van der Waals surface area contributed by atoms with Crippen LogP contribution in [0.1, 0.15) is 19.4 Å². The Bertz CT molecular complexity index is 361. The third-order valence-corrected chi connectivity index (χ3v) is 2.65. The zero-order valence-electron chi connectivity index (χ0n) is 8.45. The van der Waals surface area contributed by atoms with E-state index in [1.165, 1.54) is 0 Å². The molecular weight excluding hydrogens is 220 g/mol. The average molecular weight is 233 g/mol. The van der Waals surface area contributed by atoms with Crippen molar-refractivity contribution in [2.45, 2.75) is 19.3 Å². The summed E-state index contributed by atoms with van der Waals surface area (Å²) in [6.45, 7) is 2.99. The number of phenols is 3. The lowest BCUT2D eigenvalue weighted by Crippen LogP contribution is -2.22. The third kappa shape index (κ3) is 1.96. The number of aromatic hydroxyl groups is 3. The first-order valence-electron chi connectivity index (χ1n) is 4.36. The SMILES string of the molecule is CC(C)(CO)c1c(O)c(O)cc(O)c1Cl. The van der Waals surface area contributed by atoms with Gasteiger partial charge in [-0.05, 0) is 0 Å². The molecule has 4 N–H and O–H groups in total. The first-order chi connectivity index (χ1) is 6.81. The van der Waals surface area contributed by atoms with Gasteiger partial charge in [-0.3, -0.25) is 0 Å². The van der Waals surface area contributed by atoms with Crippen LogP contribution in [-0.2, 0) is 5.41 Å². The first-order valence-corrected chi connectivity index (χ1v) is 4.73. The van der Waals surface area contributed by atoms with Crippen LogP contribution in [0.4, 0.5) is 0 Å². The molecule has 15 heavy (non-hydrogen) atoms. The summed E-state index contributed by atoms with van der Waals surface area (Å²) in [7, 11) is 0. The highest BCUT2D eigenvalue weighted by Crippen LogP contribution is 2.46. The molecule has 0 spiro atoms. The number of hydrogen-bond donors (Lipinski definition) is 4. The van der Waals surface area contributed by atoms with Crippen molar-refractivity contribution >= 4 is 11.6 Å². The molecule has 4 nitrogen and oxygen atoms in total. The quantitative estimate of drug-likeness (QED) is 0.462. The van der Waals surface area contributed by atoms with E-state index in [0.29, 0.717) is 0 Å². The highest BCUT2D eigenvalue weighted by Gasteiger charge is 2.29. The van der Waals surface area contributed by atoms with Gasteiger partial charge >= 0.3 is 0 Å². The van der Waals surface area contributed by atoms with Crippen molar-refractivity contribution in [1.29, 1.82) is 0 Å². The van der Waals surface area contributed by atoms with Crippen LogP contribution in [0.2, 0.25) is 5.02 Å². The molecule has 0 aliphatic heterocycles. The van der Waals surface area contributed by atoms with Crippen LogP contribution in [-0.4, -0.2) is 27.0 Å². The van der Waals surface area contributed by atoms with Crippen molar-refractivity contribution < 1.29 is 20.4 Å². The summed E-state index contributed by atoms with van der Waals surface area (Å²) in [5, 5.41) is 37.4. The maximum absolute atomic E-state index is 9.61. The molecular formula is C10H13ClO4. The normalized spacial score (nSPS) is 11.7. The summed E-state index contributed by atoms with van der Waals surface area (Å²) in [6, 6.07) is 0.953. The van der Waals surface area contributed by atoms with Gasteiger partial charge in [0, 0.05) is 17.0 Å². The maximum atomic E-state index is 9.61. The average Bonchev–Trinajstić information content (AvgIpc) is 2.15. The Morgan fingerprint density at radius 3 is 2.20 bits per heavy atom. The Balaban J connectivity index is 3.53. The Morgan fingerprint density at radius 2 is 1.73 bits per heavy atom. The number of aliphatic hydroxyl groups is 1. The lowest BCUT2D eigenvalue weighted by molar-refractivity contribution is 0.214. The minimum atomic E-state index is -0.850. The number of benzene rings is 1. The van der Waals surface area contributed by atoms with Crippen LogP contribution in [0.5, 0.6) is 17.2 Å². The summed E-state index contributed by atoms with van der Waals surface area (Å²) in [5.74, 6) is -1.21. The van der Waals surface area contributed by atoms with Gasteiger partial charge in [0.15, 0.2) is 11.5 Å². The van der Waals surface area contributed by atoms with Crippen LogP contribution in [0, 0.1) is 0 Å². The number of hydrogen-bond acceptors (Lipinski definition) is 4. The first kappa shape index (κ1) is 11.9. The molecule has 5 heteroatoms. The summed E-state index contributed by atoms with van der Waals surface area (Å²) >= 11 is 5.80. The Morgan fingerprint density at radius 1 is 1.20 bits per heavy atom. The van der Waals surface area contributed by atoms with Crippen LogP contribution >= 0.6 is 11.6 Å². The molecule has 84 valence electrons. The third-order valence-electron chi connectivity index (χ3n) is 2.27. The zero-order valence-corrected chi connectivity index (χ0v) is 9.21. The van der Waals surface area contributed by atoms with Gasteiger partial charge in [-0.15, -0.1) is 0 Å². The monoisotopic (exact) mass is 232 g/mol. The highest BCUT2D eigenvalue weighted by atomic mass is 35.5.